The Balaban J connectivity index is 1.08. The number of halogens is 6. The number of benzene rings is 10. The van der Waals surface area contributed by atoms with Gasteiger partial charge in [0.05, 0.1) is 27.9 Å². The molecule has 2 aromatic heterocycles. The highest BCUT2D eigenvalue weighted by Gasteiger charge is 2.53. The third-order valence-electron chi connectivity index (χ3n) is 16.4. The van der Waals surface area contributed by atoms with Gasteiger partial charge in [0.15, 0.2) is 11.2 Å². The van der Waals surface area contributed by atoms with Crippen LogP contribution in [0, 0.1) is 13.8 Å². The van der Waals surface area contributed by atoms with Gasteiger partial charge < -0.3 is 18.6 Å². The van der Waals surface area contributed by atoms with E-state index < -0.39 is 34.3 Å². The molecule has 0 radical (unpaired) electrons. The van der Waals surface area contributed by atoms with Gasteiger partial charge in [0.2, 0.25) is 0 Å². The number of furan rings is 2. The molecule has 0 fully saturated rings. The fourth-order valence-electron chi connectivity index (χ4n) is 12.9. The smallest absolute Gasteiger partial charge is 0.416 e. The number of alkyl halides is 6. The predicted octanol–water partition coefficient (Wildman–Crippen LogP) is 20.1. The van der Waals surface area contributed by atoms with E-state index in [1.165, 1.54) is 12.1 Å². The maximum atomic E-state index is 14.8. The molecule has 0 bridgehead atoms. The zero-order valence-electron chi connectivity index (χ0n) is 42.6. The average molecular weight is 1040 g/mol. The molecule has 382 valence electrons. The van der Waals surface area contributed by atoms with E-state index in [9.17, 15) is 26.3 Å². The van der Waals surface area contributed by atoms with Crippen molar-refractivity contribution in [2.75, 3.05) is 9.80 Å². The van der Waals surface area contributed by atoms with Crippen molar-refractivity contribution in [2.45, 2.75) is 50.9 Å². The van der Waals surface area contributed by atoms with E-state index in [4.69, 9.17) is 8.83 Å². The molecule has 0 aliphatic heterocycles. The Bertz CT molecular complexity index is 4180. The van der Waals surface area contributed by atoms with Gasteiger partial charge in [-0.15, -0.1) is 0 Å². The van der Waals surface area contributed by atoms with Crippen molar-refractivity contribution in [1.82, 2.24) is 0 Å². The minimum absolute atomic E-state index is 0.260. The highest BCUT2D eigenvalue weighted by atomic mass is 19.4. The Morgan fingerprint density at radius 1 is 0.346 bits per heavy atom. The fraction of sp³-hybridized carbons (Fsp3) is 0.118. The second-order valence-electron chi connectivity index (χ2n) is 21.1. The maximum Gasteiger partial charge on any atom is 0.416 e. The molecular weight excluding hydrogens is 991 g/mol. The summed E-state index contributed by atoms with van der Waals surface area (Å²) in [7, 11) is 0. The Kier molecular flexibility index (Phi) is 10.2. The molecule has 78 heavy (non-hydrogen) atoms. The molecule has 0 atom stereocenters. The Morgan fingerprint density at radius 2 is 0.705 bits per heavy atom. The molecule has 0 N–H and O–H groups in total. The number of para-hydroxylation sites is 4. The summed E-state index contributed by atoms with van der Waals surface area (Å²) < 4.78 is 102. The highest BCUT2D eigenvalue weighted by molar-refractivity contribution is 6.12. The average Bonchev–Trinajstić information content (AvgIpc) is 4.28. The lowest BCUT2D eigenvalue weighted by Crippen LogP contribution is -2.40. The lowest BCUT2D eigenvalue weighted by Gasteiger charge is -2.46. The third-order valence-corrected chi connectivity index (χ3v) is 16.4. The van der Waals surface area contributed by atoms with Crippen LogP contribution in [-0.2, 0) is 23.2 Å². The van der Waals surface area contributed by atoms with E-state index >= 15 is 0 Å². The van der Waals surface area contributed by atoms with Gasteiger partial charge in [-0.25, -0.2) is 0 Å². The lowest BCUT2D eigenvalue weighted by atomic mass is 9.55. The normalized spacial score (nSPS) is 14.2. The largest absolute Gasteiger partial charge is 0.454 e. The van der Waals surface area contributed by atoms with Crippen LogP contribution in [0.15, 0.2) is 215 Å². The van der Waals surface area contributed by atoms with Crippen LogP contribution in [0.1, 0.15) is 69.5 Å². The third kappa shape index (κ3) is 6.81. The number of rotatable bonds is 6. The van der Waals surface area contributed by atoms with Crippen LogP contribution < -0.4 is 9.80 Å². The van der Waals surface area contributed by atoms with Gasteiger partial charge in [-0.3, -0.25) is 0 Å². The molecule has 0 unspecified atom stereocenters. The van der Waals surface area contributed by atoms with Crippen molar-refractivity contribution in [3.8, 4) is 11.1 Å². The quantitative estimate of drug-likeness (QED) is 0.155. The molecule has 0 saturated carbocycles. The Morgan fingerprint density at radius 3 is 1.12 bits per heavy atom. The molecule has 14 rings (SSSR count). The minimum atomic E-state index is -4.64. The SMILES string of the molecule is Cc1cccc2c1oc1c(N(c3cccc(C(F)(F)F)c3)c3ccc4c(c3)-c3cc(N(c5cccc(C(F)(F)F)c5)c5cccc6c5oc5c(C)cccc56)ccc3C43c4ccccc4C(C)(C)c4ccccc43)cccc12. The molecule has 4 nitrogen and oxygen atoms in total. The van der Waals surface area contributed by atoms with E-state index in [1.807, 2.05) is 121 Å². The molecule has 0 saturated heterocycles. The van der Waals surface area contributed by atoms with Gasteiger partial charge in [-0.05, 0) is 142 Å². The summed E-state index contributed by atoms with van der Waals surface area (Å²) in [5.41, 5.74) is 11.8. The zero-order chi connectivity index (χ0) is 53.6. The van der Waals surface area contributed by atoms with Crippen molar-refractivity contribution in [3.05, 3.63) is 262 Å². The van der Waals surface area contributed by atoms with E-state index in [-0.39, 0.29) is 11.4 Å². The summed E-state index contributed by atoms with van der Waals surface area (Å²) in [5.74, 6) is 0. The van der Waals surface area contributed by atoms with Crippen LogP contribution in [0.2, 0.25) is 0 Å². The molecule has 10 aromatic carbocycles. The van der Waals surface area contributed by atoms with Gasteiger partial charge in [0.25, 0.3) is 0 Å². The molecule has 0 amide bonds. The second kappa shape index (κ2) is 16.7. The summed E-state index contributed by atoms with van der Waals surface area (Å²) in [6.45, 7) is 8.40. The van der Waals surface area contributed by atoms with Crippen LogP contribution in [0.3, 0.4) is 0 Å². The predicted molar refractivity (Wildman–Crippen MR) is 299 cm³/mol. The second-order valence-corrected chi connectivity index (χ2v) is 21.1. The number of nitrogens with zero attached hydrogens (tertiary/aromatic N) is 2. The number of fused-ring (bicyclic) bond motifs is 15. The molecule has 12 aromatic rings. The number of hydrogen-bond acceptors (Lipinski definition) is 4. The number of aryl methyl sites for hydroxylation is 2. The van der Waals surface area contributed by atoms with Crippen molar-refractivity contribution in [3.63, 3.8) is 0 Å². The molecule has 1 spiro atoms. The first-order valence-electron chi connectivity index (χ1n) is 25.8. The first-order chi connectivity index (χ1) is 37.5. The Labute approximate surface area is 445 Å². The van der Waals surface area contributed by atoms with Crippen LogP contribution in [0.4, 0.5) is 60.5 Å². The van der Waals surface area contributed by atoms with Crippen molar-refractivity contribution in [1.29, 1.82) is 0 Å². The van der Waals surface area contributed by atoms with E-state index in [1.54, 1.807) is 12.1 Å². The van der Waals surface area contributed by atoms with E-state index in [0.717, 1.165) is 101 Å². The van der Waals surface area contributed by atoms with Crippen LogP contribution in [0.5, 0.6) is 0 Å². The van der Waals surface area contributed by atoms with Crippen molar-refractivity contribution >= 4 is 78.0 Å². The lowest BCUT2D eigenvalue weighted by molar-refractivity contribution is -0.138. The van der Waals surface area contributed by atoms with Gasteiger partial charge in [0.1, 0.15) is 11.2 Å². The van der Waals surface area contributed by atoms with E-state index in [2.05, 4.69) is 74.5 Å². The van der Waals surface area contributed by atoms with Gasteiger partial charge in [-0.2, -0.15) is 26.3 Å². The van der Waals surface area contributed by atoms with Gasteiger partial charge >= 0.3 is 12.4 Å². The molecule has 10 heteroatoms. The topological polar surface area (TPSA) is 32.8 Å². The molecular formula is C68H46F6N2O2. The van der Waals surface area contributed by atoms with Crippen LogP contribution in [0.25, 0.3) is 55.0 Å². The highest BCUT2D eigenvalue weighted by Crippen LogP contribution is 2.64. The Hall–Kier alpha value is -9.02. The number of anilines is 6. The minimum Gasteiger partial charge on any atom is -0.454 e. The molecule has 2 aliphatic carbocycles. The summed E-state index contributed by atoms with van der Waals surface area (Å²) in [6.07, 6.45) is -9.28. The first-order valence-corrected chi connectivity index (χ1v) is 25.8. The number of hydrogen-bond donors (Lipinski definition) is 0. The van der Waals surface area contributed by atoms with Gasteiger partial charge in [0, 0.05) is 49.7 Å². The zero-order valence-corrected chi connectivity index (χ0v) is 42.6. The van der Waals surface area contributed by atoms with Crippen LogP contribution >= 0.6 is 0 Å². The molecule has 2 heterocycles. The van der Waals surface area contributed by atoms with Crippen LogP contribution in [-0.4, -0.2) is 0 Å². The first kappa shape index (κ1) is 47.4. The summed E-state index contributed by atoms with van der Waals surface area (Å²) in [6, 6.07) is 63.1. The monoisotopic (exact) mass is 1040 g/mol. The molecule has 2 aliphatic rings. The van der Waals surface area contributed by atoms with E-state index in [0.29, 0.717) is 45.1 Å². The van der Waals surface area contributed by atoms with Crippen molar-refractivity contribution in [2.24, 2.45) is 0 Å². The fourth-order valence-corrected chi connectivity index (χ4v) is 12.9. The summed E-state index contributed by atoms with van der Waals surface area (Å²) in [5, 5.41) is 3.37. The summed E-state index contributed by atoms with van der Waals surface area (Å²) >= 11 is 0. The summed E-state index contributed by atoms with van der Waals surface area (Å²) in [4.78, 5) is 3.66. The van der Waals surface area contributed by atoms with Crippen molar-refractivity contribution < 1.29 is 35.2 Å². The maximum absolute atomic E-state index is 14.8. The standard InChI is InChI=1S/C68H46F6N2O2/c1-39-15-9-21-47-49-23-13-29-59(63(49)77-61(39)47)75(43-19-11-17-41(35-43)67(69,70)71)45-31-33-53-51(37-45)52-38-46(32-34-54(52)66(53)57-27-7-5-25-55(57)65(3,4)56-26-6-8-28-58(56)66)76(44-20-12-18-42(36-44)68(72,73)74)60-30-14-24-50-48-22-10-16-40(2)62(48)78-64(50)60/h5-38H,1-4H3. The van der Waals surface area contributed by atoms with Gasteiger partial charge in [-0.1, -0.05) is 147 Å².